The Morgan fingerprint density at radius 3 is 1.26 bits per heavy atom. The zero-order chi connectivity index (χ0) is 71.5. The second-order valence-electron chi connectivity index (χ2n) is 21.9. The summed E-state index contributed by atoms with van der Waals surface area (Å²) in [7, 11) is 14.2. The van der Waals surface area contributed by atoms with Crippen LogP contribution in [0.1, 0.15) is 98.9 Å². The van der Waals surface area contributed by atoms with E-state index in [4.69, 9.17) is 70.6 Å². The Kier molecular flexibility index (Phi) is 37.8. The average Bonchev–Trinajstić information content (AvgIpc) is 0.889. The van der Waals surface area contributed by atoms with Crippen LogP contribution in [0.5, 0.6) is 28.7 Å². The first-order chi connectivity index (χ1) is 45.0. The van der Waals surface area contributed by atoms with Crippen LogP contribution in [0.3, 0.4) is 0 Å². The van der Waals surface area contributed by atoms with Crippen molar-refractivity contribution < 1.29 is 111 Å². The van der Waals surface area contributed by atoms with E-state index < -0.39 is 52.9 Å². The number of carbonyl (C=O) groups excluding carboxylic acids is 8. The largest absolute Gasteiger partial charge is 0.493 e. The van der Waals surface area contributed by atoms with Crippen LogP contribution in [0, 0.1) is 44.9 Å². The van der Waals surface area contributed by atoms with Crippen LogP contribution in [0.15, 0.2) is 36.4 Å². The molecule has 530 valence electrons. The first-order valence-corrected chi connectivity index (χ1v) is 30.6. The standard InChI is InChI=1S/C32H43N3O13.C24H37N3O10.C6H8Cl2O2/c1-21-14-23(18-42-4)30(24(15-21)20-46-29(37)11-9-8-10-28(36)45-7)48-32(39)34(3)13-12-33(2)31(38)47-19-22-16-26(43-5)27(44-6)17-25(22)35(40)41;1-15-8-16(12-28)22(17(9-15)13-29)37-24(31)26(3)7-6-25(2)23(30)36-14-18-10-20(34-4)21(35-5)11-19(18)27(32)33;7-5(9)3-1-2-4-6(8)10/h14-17H,8-13,18-20H2,1-7H3;10-11,15-17,22,28-29H,6-9,12-14H2,1-5H3;1-4H2. The van der Waals surface area contributed by atoms with Crippen molar-refractivity contribution in [2.24, 2.45) is 17.8 Å². The van der Waals surface area contributed by atoms with Crippen LogP contribution in [0.4, 0.5) is 30.6 Å². The molecule has 2 unspecified atom stereocenters. The van der Waals surface area contributed by atoms with Crippen LogP contribution < -0.4 is 23.7 Å². The number of aryl methyl sites for hydroxylation is 1. The predicted octanol–water partition coefficient (Wildman–Crippen LogP) is 8.88. The maximum absolute atomic E-state index is 13.1. The molecule has 0 aromatic heterocycles. The van der Waals surface area contributed by atoms with Crippen LogP contribution >= 0.6 is 23.2 Å². The Labute approximate surface area is 561 Å². The molecule has 2 atom stereocenters. The summed E-state index contributed by atoms with van der Waals surface area (Å²) < 4.78 is 57.7. The van der Waals surface area contributed by atoms with Gasteiger partial charge < -0.3 is 81.9 Å². The zero-order valence-electron chi connectivity index (χ0n) is 55.6. The molecular formula is C62H88Cl2N6O25. The summed E-state index contributed by atoms with van der Waals surface area (Å²) in [6.45, 7) is 3.08. The quantitative estimate of drug-likeness (QED) is 0.0141. The summed E-state index contributed by atoms with van der Waals surface area (Å²) in [5.41, 5.74) is 1.49. The van der Waals surface area contributed by atoms with E-state index in [1.807, 2.05) is 13.8 Å². The predicted molar refractivity (Wildman–Crippen MR) is 341 cm³/mol. The van der Waals surface area contributed by atoms with Crippen molar-refractivity contribution in [2.75, 3.05) is 110 Å². The maximum atomic E-state index is 13.1. The molecule has 4 rings (SSSR count). The minimum Gasteiger partial charge on any atom is -0.493 e. The number of ether oxygens (including phenoxy) is 11. The molecule has 33 heteroatoms. The highest BCUT2D eigenvalue weighted by Crippen LogP contribution is 2.38. The molecule has 0 aliphatic heterocycles. The fourth-order valence-electron chi connectivity index (χ4n) is 9.39. The van der Waals surface area contributed by atoms with Crippen molar-refractivity contribution >= 4 is 81.4 Å². The van der Waals surface area contributed by atoms with E-state index in [-0.39, 0.29) is 152 Å². The fourth-order valence-corrected chi connectivity index (χ4v) is 9.66. The number of halogens is 2. The van der Waals surface area contributed by atoms with Gasteiger partial charge in [-0.1, -0.05) is 18.6 Å². The highest BCUT2D eigenvalue weighted by Gasteiger charge is 2.39. The van der Waals surface area contributed by atoms with E-state index in [0.717, 1.165) is 5.56 Å². The molecule has 0 heterocycles. The summed E-state index contributed by atoms with van der Waals surface area (Å²) in [6, 6.07) is 8.64. The Bertz CT molecular complexity index is 3020. The number of esters is 2. The third kappa shape index (κ3) is 28.9. The first-order valence-electron chi connectivity index (χ1n) is 29.8. The van der Waals surface area contributed by atoms with Crippen molar-refractivity contribution in [3.05, 3.63) is 84.4 Å². The number of rotatable bonds is 34. The molecule has 0 bridgehead atoms. The van der Waals surface area contributed by atoms with Crippen LogP contribution in [-0.2, 0) is 74.0 Å². The van der Waals surface area contributed by atoms with Gasteiger partial charge in [0.15, 0.2) is 23.0 Å². The van der Waals surface area contributed by atoms with Crippen molar-refractivity contribution in [3.8, 4) is 28.7 Å². The van der Waals surface area contributed by atoms with Gasteiger partial charge in [0, 0.05) is 123 Å². The number of hydrogen-bond donors (Lipinski definition) is 2. The lowest BCUT2D eigenvalue weighted by atomic mass is 9.74. The zero-order valence-corrected chi connectivity index (χ0v) is 57.2. The van der Waals surface area contributed by atoms with Gasteiger partial charge in [-0.3, -0.25) is 39.4 Å². The Hall–Kier alpha value is -8.52. The molecule has 0 radical (unpaired) electrons. The van der Waals surface area contributed by atoms with Gasteiger partial charge in [-0.15, -0.1) is 0 Å². The van der Waals surface area contributed by atoms with Crippen molar-refractivity contribution in [2.45, 2.75) is 111 Å². The minimum atomic E-state index is -0.781. The molecule has 3 aromatic rings. The highest BCUT2D eigenvalue weighted by molar-refractivity contribution is 6.63. The van der Waals surface area contributed by atoms with Crippen LogP contribution in [0.25, 0.3) is 0 Å². The molecule has 95 heavy (non-hydrogen) atoms. The maximum Gasteiger partial charge on any atom is 0.415 e. The number of nitro groups is 2. The van der Waals surface area contributed by atoms with Crippen molar-refractivity contribution in [3.63, 3.8) is 0 Å². The Morgan fingerprint density at radius 2 is 0.884 bits per heavy atom. The normalized spacial score (nSPS) is 14.5. The van der Waals surface area contributed by atoms with Gasteiger partial charge >= 0.3 is 36.3 Å². The molecule has 1 aliphatic rings. The number of nitro benzene ring substituents is 2. The summed E-state index contributed by atoms with van der Waals surface area (Å²) >= 11 is 10.1. The lowest BCUT2D eigenvalue weighted by Gasteiger charge is -2.39. The average molecular weight is 1390 g/mol. The molecule has 2 N–H and O–H groups in total. The highest BCUT2D eigenvalue weighted by atomic mass is 35.5. The van der Waals surface area contributed by atoms with Gasteiger partial charge in [0.1, 0.15) is 31.7 Å². The molecule has 0 spiro atoms. The van der Waals surface area contributed by atoms with Gasteiger partial charge in [-0.25, -0.2) is 19.2 Å². The van der Waals surface area contributed by atoms with E-state index >= 15 is 0 Å². The van der Waals surface area contributed by atoms with Gasteiger partial charge in [0.25, 0.3) is 11.4 Å². The van der Waals surface area contributed by atoms with Gasteiger partial charge in [-0.2, -0.15) is 0 Å². The van der Waals surface area contributed by atoms with E-state index in [1.165, 1.54) is 115 Å². The topological polar surface area (TPSA) is 378 Å². The smallest absolute Gasteiger partial charge is 0.415 e. The summed E-state index contributed by atoms with van der Waals surface area (Å²) in [5.74, 6) is -0.0167. The number of carbonyl (C=O) groups is 8. The van der Waals surface area contributed by atoms with Crippen molar-refractivity contribution in [1.82, 2.24) is 19.6 Å². The monoisotopic (exact) mass is 1390 g/mol. The van der Waals surface area contributed by atoms with E-state index in [2.05, 4.69) is 4.74 Å². The number of aliphatic hydroxyl groups is 2. The number of unbranched alkanes of at least 4 members (excludes halogenated alkanes) is 2. The van der Waals surface area contributed by atoms with E-state index in [1.54, 1.807) is 12.1 Å². The molecule has 1 aliphatic carbocycles. The second-order valence-corrected chi connectivity index (χ2v) is 22.7. The fraction of sp³-hybridized carbons (Fsp3) is 0.581. The van der Waals surface area contributed by atoms with Crippen molar-refractivity contribution in [1.29, 1.82) is 0 Å². The van der Waals surface area contributed by atoms with Gasteiger partial charge in [0.2, 0.25) is 10.5 Å². The number of hydrogen-bond acceptors (Lipinski definition) is 25. The number of amides is 4. The molecule has 4 amide bonds. The second kappa shape index (κ2) is 43.5. The molecule has 31 nitrogen and oxygen atoms in total. The summed E-state index contributed by atoms with van der Waals surface area (Å²) in [4.78, 5) is 121. The Balaban J connectivity index is 0.000000577. The first kappa shape index (κ1) is 82.6. The summed E-state index contributed by atoms with van der Waals surface area (Å²) in [5, 5.41) is 41.7. The number of nitrogens with zero attached hydrogens (tertiary/aromatic N) is 6. The molecule has 0 saturated heterocycles. The molecule has 1 saturated carbocycles. The minimum absolute atomic E-state index is 0.0394. The third-order valence-electron chi connectivity index (χ3n) is 14.6. The summed E-state index contributed by atoms with van der Waals surface area (Å²) in [6.07, 6.45) is 1.07. The lowest BCUT2D eigenvalue weighted by Crippen LogP contribution is -2.46. The molecule has 3 aromatic carbocycles. The van der Waals surface area contributed by atoms with E-state index in [9.17, 15) is 68.8 Å². The van der Waals surface area contributed by atoms with Crippen LogP contribution in [0.2, 0.25) is 0 Å². The Morgan fingerprint density at radius 1 is 0.516 bits per heavy atom. The number of likely N-dealkylation sites (N-methyl/N-ethyl adjacent to an activating group) is 4. The number of benzene rings is 3. The SMILES string of the molecule is COCc1cc(C)cc(COC(=O)CCCCC(=O)OC)c1OC(=O)N(C)CCN(C)C(=O)OCc1cc(OC)c(OC)cc1[N+](=O)[O-].COc1cc(COC(=O)N(C)CCN(C)C(=O)OC2C(CO)CC(C)CC2CO)c([N+](=O)[O-])cc1OC.O=C(Cl)CCCCC(=O)Cl. The molecular weight excluding hydrogens is 1300 g/mol. The van der Waals surface area contributed by atoms with Crippen LogP contribution in [-0.4, -0.2) is 203 Å². The van der Waals surface area contributed by atoms with Gasteiger partial charge in [-0.05, 0) is 92.8 Å². The third-order valence-corrected chi connectivity index (χ3v) is 15.0. The lowest BCUT2D eigenvalue weighted by molar-refractivity contribution is -0.386. The molecule has 1 fully saturated rings. The number of methoxy groups -OCH3 is 6. The van der Waals surface area contributed by atoms with E-state index in [0.29, 0.717) is 68.4 Å². The van der Waals surface area contributed by atoms with Gasteiger partial charge in [0.05, 0.1) is 75.3 Å². The number of aliphatic hydroxyl groups excluding tert-OH is 2.